The van der Waals surface area contributed by atoms with E-state index in [1.165, 1.54) is 0 Å². The molecule has 0 radical (unpaired) electrons. The number of halogens is 1. The van der Waals surface area contributed by atoms with Crippen LogP contribution in [-0.2, 0) is 6.61 Å². The minimum Gasteiger partial charge on any atom is -0.486 e. The lowest BCUT2D eigenvalue weighted by Gasteiger charge is -2.08. The maximum atomic E-state index is 5.64. The van der Waals surface area contributed by atoms with Crippen molar-refractivity contribution in [1.29, 1.82) is 0 Å². The van der Waals surface area contributed by atoms with Crippen LogP contribution in [0.1, 0.15) is 5.69 Å². The lowest BCUT2D eigenvalue weighted by Crippen LogP contribution is -2.09. The first-order chi connectivity index (χ1) is 8.29. The van der Waals surface area contributed by atoms with Gasteiger partial charge in [0.15, 0.2) is 0 Å². The zero-order valence-corrected chi connectivity index (χ0v) is 10.6. The van der Waals surface area contributed by atoms with Crippen molar-refractivity contribution in [2.24, 2.45) is 5.84 Å². The molecule has 2 aromatic rings. The highest BCUT2D eigenvalue weighted by atomic mass is 79.9. The quantitative estimate of drug-likeness (QED) is 0.672. The number of aromatic nitrogens is 1. The molecular weight excluding hydrogens is 282 g/mol. The summed E-state index contributed by atoms with van der Waals surface area (Å²) < 4.78 is 6.57. The largest absolute Gasteiger partial charge is 0.486 e. The molecule has 3 N–H and O–H groups in total. The highest BCUT2D eigenvalue weighted by Crippen LogP contribution is 2.24. The van der Waals surface area contributed by atoms with Crippen molar-refractivity contribution in [1.82, 2.24) is 4.98 Å². The molecule has 88 valence electrons. The van der Waals surface area contributed by atoms with Gasteiger partial charge >= 0.3 is 0 Å². The van der Waals surface area contributed by atoms with Crippen LogP contribution in [0, 0.1) is 0 Å². The summed E-state index contributed by atoms with van der Waals surface area (Å²) in [5, 5.41) is 0. The first-order valence-corrected chi connectivity index (χ1v) is 5.89. The van der Waals surface area contributed by atoms with Gasteiger partial charge in [-0.25, -0.2) is 10.8 Å². The van der Waals surface area contributed by atoms with Crippen LogP contribution in [0.4, 0.5) is 5.82 Å². The van der Waals surface area contributed by atoms with E-state index in [1.54, 1.807) is 6.07 Å². The van der Waals surface area contributed by atoms with Crippen molar-refractivity contribution in [2.75, 3.05) is 5.43 Å². The summed E-state index contributed by atoms with van der Waals surface area (Å²) in [5.41, 5.74) is 3.32. The van der Waals surface area contributed by atoms with Crippen LogP contribution < -0.4 is 16.0 Å². The normalized spacial score (nSPS) is 10.0. The average Bonchev–Trinajstić information content (AvgIpc) is 2.38. The Bertz CT molecular complexity index is 505. The maximum absolute atomic E-state index is 5.64. The number of pyridine rings is 1. The molecule has 0 aliphatic rings. The SMILES string of the molecule is NNc1cccc(COc2ccccc2Br)n1. The summed E-state index contributed by atoms with van der Waals surface area (Å²) in [5.74, 6) is 6.70. The number of hydrogen-bond donors (Lipinski definition) is 2. The van der Waals surface area contributed by atoms with Crippen LogP contribution in [0.5, 0.6) is 5.75 Å². The zero-order valence-electron chi connectivity index (χ0n) is 9.06. The van der Waals surface area contributed by atoms with Crippen LogP contribution >= 0.6 is 15.9 Å². The predicted octanol–water partition coefficient (Wildman–Crippen LogP) is 2.71. The smallest absolute Gasteiger partial charge is 0.140 e. The van der Waals surface area contributed by atoms with Crippen molar-refractivity contribution in [2.45, 2.75) is 6.61 Å². The Morgan fingerprint density at radius 2 is 2.00 bits per heavy atom. The molecule has 4 nitrogen and oxygen atoms in total. The molecule has 1 heterocycles. The van der Waals surface area contributed by atoms with Crippen LogP contribution in [0.25, 0.3) is 0 Å². The summed E-state index contributed by atoms with van der Waals surface area (Å²) in [7, 11) is 0. The number of nitrogen functional groups attached to an aromatic ring is 1. The summed E-state index contributed by atoms with van der Waals surface area (Å²) in [4.78, 5) is 4.26. The zero-order chi connectivity index (χ0) is 12.1. The molecule has 0 bridgehead atoms. The van der Waals surface area contributed by atoms with Crippen molar-refractivity contribution < 1.29 is 4.74 Å². The molecule has 5 heteroatoms. The van der Waals surface area contributed by atoms with Crippen LogP contribution in [-0.4, -0.2) is 4.98 Å². The number of ether oxygens (including phenoxy) is 1. The number of nitrogens with two attached hydrogens (primary N) is 1. The van der Waals surface area contributed by atoms with E-state index in [1.807, 2.05) is 36.4 Å². The fraction of sp³-hybridized carbons (Fsp3) is 0.0833. The number of para-hydroxylation sites is 1. The Kier molecular flexibility index (Phi) is 3.95. The van der Waals surface area contributed by atoms with Gasteiger partial charge in [0, 0.05) is 0 Å². The van der Waals surface area contributed by atoms with Crippen LogP contribution in [0.15, 0.2) is 46.9 Å². The number of hydrogen-bond acceptors (Lipinski definition) is 4. The van der Waals surface area contributed by atoms with Crippen molar-refractivity contribution in [3.63, 3.8) is 0 Å². The molecule has 1 aromatic carbocycles. The van der Waals surface area contributed by atoms with Gasteiger partial charge < -0.3 is 10.2 Å². The third-order valence-electron chi connectivity index (χ3n) is 2.17. The molecule has 2 rings (SSSR count). The van der Waals surface area contributed by atoms with E-state index in [0.29, 0.717) is 12.4 Å². The summed E-state index contributed by atoms with van der Waals surface area (Å²) in [6.07, 6.45) is 0. The molecule has 0 saturated heterocycles. The molecule has 0 aliphatic carbocycles. The molecule has 0 aliphatic heterocycles. The lowest BCUT2D eigenvalue weighted by atomic mass is 10.3. The van der Waals surface area contributed by atoms with Gasteiger partial charge in [-0.2, -0.15) is 0 Å². The number of nitrogens with zero attached hydrogens (tertiary/aromatic N) is 1. The number of rotatable bonds is 4. The molecule has 0 amide bonds. The molecule has 0 spiro atoms. The molecule has 0 saturated carbocycles. The molecule has 17 heavy (non-hydrogen) atoms. The van der Waals surface area contributed by atoms with Gasteiger partial charge in [0.05, 0.1) is 10.2 Å². The number of anilines is 1. The second-order valence-electron chi connectivity index (χ2n) is 3.38. The standard InChI is InChI=1S/C12H12BrN3O/c13-10-5-1-2-6-11(10)17-8-9-4-3-7-12(15-9)16-14/h1-7H,8,14H2,(H,15,16). The molecule has 1 aromatic heterocycles. The second kappa shape index (κ2) is 5.65. The number of hydrazine groups is 1. The van der Waals surface area contributed by atoms with Crippen molar-refractivity contribution >= 4 is 21.7 Å². The third-order valence-corrected chi connectivity index (χ3v) is 2.82. The van der Waals surface area contributed by atoms with Gasteiger partial charge in [-0.15, -0.1) is 0 Å². The lowest BCUT2D eigenvalue weighted by molar-refractivity contribution is 0.299. The second-order valence-corrected chi connectivity index (χ2v) is 4.23. The van der Waals surface area contributed by atoms with Gasteiger partial charge in [0.25, 0.3) is 0 Å². The average molecular weight is 294 g/mol. The highest BCUT2D eigenvalue weighted by molar-refractivity contribution is 9.10. The fourth-order valence-electron chi connectivity index (χ4n) is 1.35. The van der Waals surface area contributed by atoms with E-state index in [0.717, 1.165) is 15.9 Å². The van der Waals surface area contributed by atoms with E-state index >= 15 is 0 Å². The molecule has 0 fully saturated rings. The maximum Gasteiger partial charge on any atom is 0.140 e. The van der Waals surface area contributed by atoms with Crippen molar-refractivity contribution in [3.8, 4) is 5.75 Å². The summed E-state index contributed by atoms with van der Waals surface area (Å²) >= 11 is 3.42. The van der Waals surface area contributed by atoms with Gasteiger partial charge in [-0.05, 0) is 40.2 Å². The summed E-state index contributed by atoms with van der Waals surface area (Å²) in [6, 6.07) is 13.2. The van der Waals surface area contributed by atoms with E-state index in [4.69, 9.17) is 10.6 Å². The Balaban J connectivity index is 2.05. The van der Waals surface area contributed by atoms with Crippen LogP contribution in [0.2, 0.25) is 0 Å². The minimum atomic E-state index is 0.401. The Morgan fingerprint density at radius 3 is 2.76 bits per heavy atom. The first-order valence-electron chi connectivity index (χ1n) is 5.09. The molecular formula is C12H12BrN3O. The van der Waals surface area contributed by atoms with Gasteiger partial charge in [0.2, 0.25) is 0 Å². The third kappa shape index (κ3) is 3.18. The van der Waals surface area contributed by atoms with E-state index in [9.17, 15) is 0 Å². The van der Waals surface area contributed by atoms with E-state index in [-0.39, 0.29) is 0 Å². The van der Waals surface area contributed by atoms with Gasteiger partial charge in [0.1, 0.15) is 18.2 Å². The molecule has 0 atom stereocenters. The van der Waals surface area contributed by atoms with E-state index in [2.05, 4.69) is 26.3 Å². The monoisotopic (exact) mass is 293 g/mol. The highest BCUT2D eigenvalue weighted by Gasteiger charge is 2.01. The van der Waals surface area contributed by atoms with Gasteiger partial charge in [-0.1, -0.05) is 18.2 Å². The Morgan fingerprint density at radius 1 is 1.18 bits per heavy atom. The van der Waals surface area contributed by atoms with Crippen molar-refractivity contribution in [3.05, 3.63) is 52.6 Å². The van der Waals surface area contributed by atoms with E-state index < -0.39 is 0 Å². The number of benzene rings is 1. The molecule has 0 unspecified atom stereocenters. The Hall–Kier alpha value is -1.59. The topological polar surface area (TPSA) is 60.2 Å². The first kappa shape index (κ1) is 11.9. The number of nitrogens with one attached hydrogen (secondary N) is 1. The summed E-state index contributed by atoms with van der Waals surface area (Å²) in [6.45, 7) is 0.401. The minimum absolute atomic E-state index is 0.401. The predicted molar refractivity (Wildman–Crippen MR) is 70.5 cm³/mol. The van der Waals surface area contributed by atoms with Gasteiger partial charge in [-0.3, -0.25) is 0 Å². The Labute approximate surface area is 108 Å². The fourth-order valence-corrected chi connectivity index (χ4v) is 1.75. The van der Waals surface area contributed by atoms with Crippen LogP contribution in [0.3, 0.4) is 0 Å².